The number of carbonyl (C=O) groups is 3. The van der Waals surface area contributed by atoms with Gasteiger partial charge in [0.2, 0.25) is 5.91 Å². The summed E-state index contributed by atoms with van der Waals surface area (Å²) < 4.78 is 16.4. The second-order valence-electron chi connectivity index (χ2n) is 8.58. The smallest absolute Gasteiger partial charge is 0.410 e. The third-order valence-corrected chi connectivity index (χ3v) is 4.75. The minimum absolute atomic E-state index is 0.0518. The first-order valence-corrected chi connectivity index (χ1v) is 10.6. The zero-order valence-corrected chi connectivity index (χ0v) is 18.6. The van der Waals surface area contributed by atoms with Gasteiger partial charge in [-0.25, -0.2) is 4.79 Å². The molecule has 3 rings (SSSR count). The highest BCUT2D eigenvalue weighted by Crippen LogP contribution is 2.19. The van der Waals surface area contributed by atoms with E-state index in [2.05, 4.69) is 10.9 Å². The second-order valence-corrected chi connectivity index (χ2v) is 8.58. The van der Waals surface area contributed by atoms with Crippen LogP contribution < -0.4 is 15.6 Å². The van der Waals surface area contributed by atoms with Crippen LogP contribution in [0.4, 0.5) is 4.79 Å². The van der Waals surface area contributed by atoms with E-state index in [0.29, 0.717) is 30.9 Å². The van der Waals surface area contributed by atoms with Crippen LogP contribution in [0.3, 0.4) is 0 Å². The zero-order chi connectivity index (χ0) is 23.1. The number of likely N-dealkylation sites (tertiary alicyclic amines) is 1. The molecular weight excluding hydrogens is 414 g/mol. The SMILES string of the molecule is CC(C)(C)OC(=O)N1CCCC(C(=O)NNC(=O)c2ccc(COc3ccccc3)o2)C1. The molecule has 3 amide bonds. The van der Waals surface area contributed by atoms with Crippen LogP contribution in [0.25, 0.3) is 0 Å². The number of piperidine rings is 1. The number of hydrogen-bond acceptors (Lipinski definition) is 6. The number of amides is 3. The number of furan rings is 1. The van der Waals surface area contributed by atoms with Crippen LogP contribution in [0, 0.1) is 5.92 Å². The summed E-state index contributed by atoms with van der Waals surface area (Å²) in [5.41, 5.74) is 4.17. The van der Waals surface area contributed by atoms with Gasteiger partial charge in [0.25, 0.3) is 0 Å². The molecule has 0 radical (unpaired) electrons. The quantitative estimate of drug-likeness (QED) is 0.687. The van der Waals surface area contributed by atoms with Crippen molar-refractivity contribution >= 4 is 17.9 Å². The summed E-state index contributed by atoms with van der Waals surface area (Å²) in [5, 5.41) is 0. The van der Waals surface area contributed by atoms with E-state index >= 15 is 0 Å². The first kappa shape index (κ1) is 23.2. The standard InChI is InChI=1S/C23H29N3O6/c1-23(2,3)32-22(29)26-13-7-8-16(14-26)20(27)24-25-21(28)19-12-11-18(31-19)15-30-17-9-5-4-6-10-17/h4-6,9-12,16H,7-8,13-15H2,1-3H3,(H,24,27)(H,25,28). The topological polar surface area (TPSA) is 110 Å². The van der Waals surface area contributed by atoms with E-state index in [1.54, 1.807) is 26.8 Å². The zero-order valence-electron chi connectivity index (χ0n) is 18.6. The molecule has 1 aromatic heterocycles. The van der Waals surface area contributed by atoms with Gasteiger partial charge in [-0.1, -0.05) is 18.2 Å². The molecule has 0 aliphatic carbocycles. The maximum Gasteiger partial charge on any atom is 0.410 e. The Balaban J connectivity index is 1.45. The average Bonchev–Trinajstić information content (AvgIpc) is 3.25. The van der Waals surface area contributed by atoms with Gasteiger partial charge in [0, 0.05) is 13.1 Å². The lowest BCUT2D eigenvalue weighted by Crippen LogP contribution is -2.50. The summed E-state index contributed by atoms with van der Waals surface area (Å²) in [7, 11) is 0. The lowest BCUT2D eigenvalue weighted by atomic mass is 9.98. The summed E-state index contributed by atoms with van der Waals surface area (Å²) in [4.78, 5) is 38.6. The molecule has 0 spiro atoms. The minimum Gasteiger partial charge on any atom is -0.486 e. The van der Waals surface area contributed by atoms with E-state index in [9.17, 15) is 14.4 Å². The van der Waals surface area contributed by atoms with Gasteiger partial charge < -0.3 is 18.8 Å². The first-order valence-electron chi connectivity index (χ1n) is 10.6. The molecule has 2 N–H and O–H groups in total. The van der Waals surface area contributed by atoms with Crippen molar-refractivity contribution in [2.24, 2.45) is 5.92 Å². The highest BCUT2D eigenvalue weighted by atomic mass is 16.6. The molecule has 1 saturated heterocycles. The van der Waals surface area contributed by atoms with E-state index in [1.807, 2.05) is 30.3 Å². The van der Waals surface area contributed by atoms with Crippen molar-refractivity contribution in [1.29, 1.82) is 0 Å². The van der Waals surface area contributed by atoms with Crippen LogP contribution in [0.2, 0.25) is 0 Å². The van der Waals surface area contributed by atoms with E-state index < -0.39 is 23.5 Å². The van der Waals surface area contributed by atoms with E-state index in [1.165, 1.54) is 11.0 Å². The molecule has 0 bridgehead atoms. The molecule has 1 aliphatic rings. The van der Waals surface area contributed by atoms with Gasteiger partial charge in [-0.2, -0.15) is 0 Å². The van der Waals surface area contributed by atoms with Crippen molar-refractivity contribution in [1.82, 2.24) is 15.8 Å². The van der Waals surface area contributed by atoms with Gasteiger partial charge in [0.05, 0.1) is 5.92 Å². The molecular formula is C23H29N3O6. The molecule has 2 aromatic rings. The van der Waals surface area contributed by atoms with E-state index in [-0.39, 0.29) is 24.8 Å². The van der Waals surface area contributed by atoms with Gasteiger partial charge >= 0.3 is 12.0 Å². The second kappa shape index (κ2) is 10.2. The number of benzene rings is 1. The minimum atomic E-state index is -0.603. The number of hydrazine groups is 1. The van der Waals surface area contributed by atoms with Crippen molar-refractivity contribution in [3.63, 3.8) is 0 Å². The van der Waals surface area contributed by atoms with Crippen LogP contribution in [-0.2, 0) is 16.1 Å². The molecule has 32 heavy (non-hydrogen) atoms. The predicted molar refractivity (Wildman–Crippen MR) is 116 cm³/mol. The third-order valence-electron chi connectivity index (χ3n) is 4.75. The van der Waals surface area contributed by atoms with Crippen molar-refractivity contribution in [2.45, 2.75) is 45.8 Å². The van der Waals surface area contributed by atoms with Crippen LogP contribution in [0.5, 0.6) is 5.75 Å². The summed E-state index contributed by atoms with van der Waals surface area (Å²) >= 11 is 0. The van der Waals surface area contributed by atoms with Crippen molar-refractivity contribution < 1.29 is 28.3 Å². The molecule has 1 atom stereocenters. The molecule has 172 valence electrons. The fourth-order valence-electron chi connectivity index (χ4n) is 3.21. The number of ether oxygens (including phenoxy) is 2. The number of para-hydroxylation sites is 1. The number of nitrogens with one attached hydrogen (secondary N) is 2. The van der Waals surface area contributed by atoms with Gasteiger partial charge in [0.15, 0.2) is 5.76 Å². The Bertz CT molecular complexity index is 935. The largest absolute Gasteiger partial charge is 0.486 e. The van der Waals surface area contributed by atoms with Crippen LogP contribution in [-0.4, -0.2) is 41.5 Å². The van der Waals surface area contributed by atoms with Crippen LogP contribution in [0.15, 0.2) is 46.9 Å². The van der Waals surface area contributed by atoms with Crippen LogP contribution in [0.1, 0.15) is 49.9 Å². The Kier molecular flexibility index (Phi) is 7.40. The molecule has 9 nitrogen and oxygen atoms in total. The van der Waals surface area contributed by atoms with E-state index in [0.717, 1.165) is 0 Å². The lowest BCUT2D eigenvalue weighted by molar-refractivity contribution is -0.127. The Labute approximate surface area is 187 Å². The molecule has 9 heteroatoms. The summed E-state index contributed by atoms with van der Waals surface area (Å²) in [5.74, 6) is -0.172. The molecule has 1 aromatic carbocycles. The number of nitrogens with zero attached hydrogens (tertiary/aromatic N) is 1. The number of carbonyl (C=O) groups excluding carboxylic acids is 3. The maximum atomic E-state index is 12.5. The van der Waals surface area contributed by atoms with Crippen molar-refractivity contribution in [3.8, 4) is 5.75 Å². The Morgan fingerprint density at radius 2 is 1.84 bits per heavy atom. The van der Waals surface area contributed by atoms with Gasteiger partial charge in [-0.15, -0.1) is 0 Å². The van der Waals surface area contributed by atoms with Gasteiger partial charge in [0.1, 0.15) is 23.7 Å². The Hall–Kier alpha value is -3.49. The molecule has 1 fully saturated rings. The third kappa shape index (κ3) is 6.76. The maximum absolute atomic E-state index is 12.5. The highest BCUT2D eigenvalue weighted by molar-refractivity contribution is 5.93. The normalized spacial score (nSPS) is 16.2. The summed E-state index contributed by atoms with van der Waals surface area (Å²) in [6.45, 7) is 6.32. The highest BCUT2D eigenvalue weighted by Gasteiger charge is 2.31. The lowest BCUT2D eigenvalue weighted by Gasteiger charge is -2.33. The fourth-order valence-corrected chi connectivity index (χ4v) is 3.21. The first-order chi connectivity index (χ1) is 15.2. The average molecular weight is 444 g/mol. The molecule has 1 aliphatic heterocycles. The van der Waals surface area contributed by atoms with E-state index in [4.69, 9.17) is 13.9 Å². The Morgan fingerprint density at radius 3 is 2.56 bits per heavy atom. The van der Waals surface area contributed by atoms with Crippen molar-refractivity contribution in [3.05, 3.63) is 54.0 Å². The molecule has 2 heterocycles. The summed E-state index contributed by atoms with van der Waals surface area (Å²) in [6.07, 6.45) is 0.844. The predicted octanol–water partition coefficient (Wildman–Crippen LogP) is 3.27. The Morgan fingerprint density at radius 1 is 1.09 bits per heavy atom. The molecule has 1 unspecified atom stereocenters. The molecule has 0 saturated carbocycles. The fraction of sp³-hybridized carbons (Fsp3) is 0.435. The number of hydrogen-bond donors (Lipinski definition) is 2. The summed E-state index contributed by atoms with van der Waals surface area (Å²) in [6, 6.07) is 12.4. The van der Waals surface area contributed by atoms with Gasteiger partial charge in [-0.05, 0) is 57.9 Å². The van der Waals surface area contributed by atoms with Crippen LogP contribution >= 0.6 is 0 Å². The van der Waals surface area contributed by atoms with Gasteiger partial charge in [-0.3, -0.25) is 20.4 Å². The van der Waals surface area contributed by atoms with Crippen molar-refractivity contribution in [2.75, 3.05) is 13.1 Å². The number of rotatable bonds is 5. The monoisotopic (exact) mass is 443 g/mol.